The van der Waals surface area contributed by atoms with Crippen molar-refractivity contribution in [3.63, 3.8) is 0 Å². The number of nitrogens with one attached hydrogen (secondary N) is 1. The molecule has 4 nitrogen and oxygen atoms in total. The van der Waals surface area contributed by atoms with Gasteiger partial charge in [0.25, 0.3) is 5.91 Å². The summed E-state index contributed by atoms with van der Waals surface area (Å²) in [6, 6.07) is 12.7. The van der Waals surface area contributed by atoms with Crippen molar-refractivity contribution in [1.29, 1.82) is 0 Å². The van der Waals surface area contributed by atoms with Crippen LogP contribution in [0, 0.1) is 0 Å². The van der Waals surface area contributed by atoms with Crippen molar-refractivity contribution in [1.82, 2.24) is 5.32 Å². The van der Waals surface area contributed by atoms with E-state index >= 15 is 0 Å². The van der Waals surface area contributed by atoms with Gasteiger partial charge in [0.15, 0.2) is 0 Å². The van der Waals surface area contributed by atoms with E-state index in [0.717, 1.165) is 23.6 Å². The van der Waals surface area contributed by atoms with E-state index in [0.29, 0.717) is 12.0 Å². The minimum Gasteiger partial charge on any atom is -0.394 e. The fraction of sp³-hybridized carbons (Fsp3) is 0.500. The lowest BCUT2D eigenvalue weighted by Crippen LogP contribution is -2.45. The molecule has 4 heteroatoms. The maximum Gasteiger partial charge on any atom is 0.251 e. The summed E-state index contributed by atoms with van der Waals surface area (Å²) in [5.74, 6) is -0.267. The summed E-state index contributed by atoms with van der Waals surface area (Å²) in [5.41, 5.74) is 0.536. The van der Waals surface area contributed by atoms with Crippen LogP contribution < -0.4 is 5.32 Å². The second-order valence-electron chi connectivity index (χ2n) is 6.95. The van der Waals surface area contributed by atoms with Gasteiger partial charge >= 0.3 is 0 Å². The molecule has 0 bridgehead atoms. The Kier molecular flexibility index (Phi) is 8.59. The van der Waals surface area contributed by atoms with E-state index in [-0.39, 0.29) is 12.5 Å². The van der Waals surface area contributed by atoms with Crippen LogP contribution in [0.25, 0.3) is 10.8 Å². The highest BCUT2D eigenvalue weighted by Gasteiger charge is 2.21. The van der Waals surface area contributed by atoms with Crippen LogP contribution in [0.4, 0.5) is 0 Å². The molecule has 3 N–H and O–H groups in total. The van der Waals surface area contributed by atoms with Crippen molar-refractivity contribution in [2.75, 3.05) is 6.61 Å². The summed E-state index contributed by atoms with van der Waals surface area (Å²) < 4.78 is 0. The standard InChI is InChI=1S/C22H31NO3/c1-2-3-4-5-6-7-12-21(25)20(16-24)23-22(26)19-14-13-17-10-8-9-11-18(17)15-19/h8-11,13-15,20-21,24-25H,2-7,12,16H2,1H3,(H,23,26)/t20-,21?/m0/s1. The van der Waals surface area contributed by atoms with Gasteiger partial charge in [-0.05, 0) is 29.3 Å². The van der Waals surface area contributed by atoms with Gasteiger partial charge < -0.3 is 15.5 Å². The topological polar surface area (TPSA) is 69.6 Å². The third-order valence-corrected chi connectivity index (χ3v) is 4.84. The van der Waals surface area contributed by atoms with Crippen LogP contribution >= 0.6 is 0 Å². The molecule has 142 valence electrons. The first-order valence-corrected chi connectivity index (χ1v) is 9.74. The number of aliphatic hydroxyl groups is 2. The smallest absolute Gasteiger partial charge is 0.251 e. The molecule has 2 rings (SSSR count). The molecule has 1 unspecified atom stereocenters. The largest absolute Gasteiger partial charge is 0.394 e. The Morgan fingerprint density at radius 3 is 2.42 bits per heavy atom. The number of fused-ring (bicyclic) bond motifs is 1. The van der Waals surface area contributed by atoms with Crippen molar-refractivity contribution in [3.05, 3.63) is 48.0 Å². The zero-order valence-electron chi connectivity index (χ0n) is 15.7. The summed E-state index contributed by atoms with van der Waals surface area (Å²) in [6.45, 7) is 1.92. The van der Waals surface area contributed by atoms with E-state index in [4.69, 9.17) is 0 Å². The number of hydrogen-bond donors (Lipinski definition) is 3. The molecule has 2 aromatic carbocycles. The van der Waals surface area contributed by atoms with Gasteiger partial charge in [-0.25, -0.2) is 0 Å². The van der Waals surface area contributed by atoms with E-state index in [2.05, 4.69) is 12.2 Å². The molecule has 0 aliphatic rings. The zero-order chi connectivity index (χ0) is 18.8. The van der Waals surface area contributed by atoms with Crippen LogP contribution in [0.2, 0.25) is 0 Å². The molecule has 1 amide bonds. The van der Waals surface area contributed by atoms with E-state index in [9.17, 15) is 15.0 Å². The van der Waals surface area contributed by atoms with Gasteiger partial charge in [0, 0.05) is 5.56 Å². The maximum absolute atomic E-state index is 12.5. The maximum atomic E-state index is 12.5. The Balaban J connectivity index is 1.85. The van der Waals surface area contributed by atoms with Crippen molar-refractivity contribution < 1.29 is 15.0 Å². The first-order chi connectivity index (χ1) is 12.7. The number of hydrogen-bond acceptors (Lipinski definition) is 3. The number of carbonyl (C=O) groups is 1. The zero-order valence-corrected chi connectivity index (χ0v) is 15.7. The number of aliphatic hydroxyl groups excluding tert-OH is 2. The predicted octanol–water partition coefficient (Wildman–Crippen LogP) is 4.04. The van der Waals surface area contributed by atoms with Gasteiger partial charge in [-0.1, -0.05) is 75.8 Å². The molecular formula is C22H31NO3. The van der Waals surface area contributed by atoms with Gasteiger partial charge in [-0.2, -0.15) is 0 Å². The SMILES string of the molecule is CCCCCCCCC(O)[C@H](CO)NC(=O)c1ccc2ccccc2c1. The molecule has 0 spiro atoms. The van der Waals surface area contributed by atoms with Gasteiger partial charge in [-0.15, -0.1) is 0 Å². The summed E-state index contributed by atoms with van der Waals surface area (Å²) in [5, 5.41) is 24.7. The molecule has 0 heterocycles. The average molecular weight is 357 g/mol. The predicted molar refractivity (Wildman–Crippen MR) is 106 cm³/mol. The quantitative estimate of drug-likeness (QED) is 0.532. The van der Waals surface area contributed by atoms with E-state index in [1.807, 2.05) is 36.4 Å². The Labute approximate surface area is 156 Å². The van der Waals surface area contributed by atoms with Gasteiger partial charge in [0.05, 0.1) is 18.8 Å². The molecule has 26 heavy (non-hydrogen) atoms. The number of amides is 1. The number of benzene rings is 2. The van der Waals surface area contributed by atoms with Gasteiger partial charge in [-0.3, -0.25) is 4.79 Å². The number of rotatable bonds is 11. The fourth-order valence-electron chi connectivity index (χ4n) is 3.18. The van der Waals surface area contributed by atoms with Crippen molar-refractivity contribution in [3.8, 4) is 0 Å². The third-order valence-electron chi connectivity index (χ3n) is 4.84. The molecule has 0 aromatic heterocycles. The summed E-state index contributed by atoms with van der Waals surface area (Å²) in [4.78, 5) is 12.5. The lowest BCUT2D eigenvalue weighted by Gasteiger charge is -2.22. The molecule has 2 atom stereocenters. The lowest BCUT2D eigenvalue weighted by molar-refractivity contribution is 0.0662. The average Bonchev–Trinajstić information content (AvgIpc) is 2.68. The lowest BCUT2D eigenvalue weighted by atomic mass is 10.0. The van der Waals surface area contributed by atoms with Crippen molar-refractivity contribution >= 4 is 16.7 Å². The molecule has 0 radical (unpaired) electrons. The first kappa shape index (κ1) is 20.4. The van der Waals surface area contributed by atoms with Crippen LogP contribution in [-0.2, 0) is 0 Å². The summed E-state index contributed by atoms with van der Waals surface area (Å²) in [6.07, 6.45) is 6.73. The molecule has 2 aromatic rings. The molecule has 0 aliphatic heterocycles. The molecule has 0 saturated carbocycles. The minimum atomic E-state index is -0.726. The number of unbranched alkanes of at least 4 members (excludes halogenated alkanes) is 5. The van der Waals surface area contributed by atoms with Crippen molar-refractivity contribution in [2.24, 2.45) is 0 Å². The third kappa shape index (κ3) is 6.11. The summed E-state index contributed by atoms with van der Waals surface area (Å²) in [7, 11) is 0. The van der Waals surface area contributed by atoms with Crippen molar-refractivity contribution in [2.45, 2.75) is 64.0 Å². The molecule has 0 aliphatic carbocycles. The summed E-state index contributed by atoms with van der Waals surface area (Å²) >= 11 is 0. The van der Waals surface area contributed by atoms with E-state index in [1.54, 1.807) is 6.07 Å². The highest BCUT2D eigenvalue weighted by atomic mass is 16.3. The molecule has 0 saturated heterocycles. The second kappa shape index (κ2) is 10.9. The van der Waals surface area contributed by atoms with Gasteiger partial charge in [0.2, 0.25) is 0 Å². The van der Waals surface area contributed by atoms with E-state index < -0.39 is 12.1 Å². The van der Waals surface area contributed by atoms with Crippen LogP contribution in [-0.4, -0.2) is 34.9 Å². The van der Waals surface area contributed by atoms with Crippen LogP contribution in [0.3, 0.4) is 0 Å². The molecular weight excluding hydrogens is 326 g/mol. The Morgan fingerprint density at radius 2 is 1.69 bits per heavy atom. The fourth-order valence-corrected chi connectivity index (χ4v) is 3.18. The second-order valence-corrected chi connectivity index (χ2v) is 6.95. The monoisotopic (exact) mass is 357 g/mol. The van der Waals surface area contributed by atoms with E-state index in [1.165, 1.54) is 25.7 Å². The Morgan fingerprint density at radius 1 is 1.00 bits per heavy atom. The number of carbonyl (C=O) groups excluding carboxylic acids is 1. The van der Waals surface area contributed by atoms with Gasteiger partial charge in [0.1, 0.15) is 0 Å². The highest BCUT2D eigenvalue weighted by Crippen LogP contribution is 2.16. The van der Waals surface area contributed by atoms with Crippen LogP contribution in [0.15, 0.2) is 42.5 Å². The Hall–Kier alpha value is -1.91. The highest BCUT2D eigenvalue weighted by molar-refractivity contribution is 5.98. The minimum absolute atomic E-state index is 0.267. The van der Waals surface area contributed by atoms with Crippen LogP contribution in [0.1, 0.15) is 62.2 Å². The first-order valence-electron chi connectivity index (χ1n) is 9.74. The molecule has 0 fully saturated rings. The van der Waals surface area contributed by atoms with Crippen LogP contribution in [0.5, 0.6) is 0 Å². The Bertz CT molecular complexity index is 686. The normalized spacial score (nSPS) is 13.5.